The number of rotatable bonds is 55. The number of allylic oxidation sites excluding steroid dienone is 3. The van der Waals surface area contributed by atoms with Crippen LogP contribution in [0.3, 0.4) is 0 Å². The second-order valence-electron chi connectivity index (χ2n) is 21.7. The first kappa shape index (κ1) is 67.0. The number of aliphatic hydroxyl groups is 1. The molecular formula is C59H118N2O6P+. The number of hydrogen-bond acceptors (Lipinski definition) is 5. The summed E-state index contributed by atoms with van der Waals surface area (Å²) < 4.78 is 23.7. The molecule has 0 saturated heterocycles. The number of nitrogens with one attached hydrogen (secondary N) is 1. The minimum Gasteiger partial charge on any atom is -0.387 e. The minimum absolute atomic E-state index is 0.0587. The van der Waals surface area contributed by atoms with Gasteiger partial charge in [0.05, 0.1) is 39.9 Å². The van der Waals surface area contributed by atoms with Crippen molar-refractivity contribution in [1.29, 1.82) is 0 Å². The number of hydrogen-bond donors (Lipinski definition) is 3. The molecular weight excluding hydrogens is 864 g/mol. The van der Waals surface area contributed by atoms with E-state index < -0.39 is 20.0 Å². The van der Waals surface area contributed by atoms with E-state index in [1.54, 1.807) is 6.08 Å². The normalized spacial score (nSPS) is 14.0. The molecule has 0 rings (SSSR count). The standard InChI is InChI=1S/C59H117N2O6P/c1-6-8-10-12-14-16-18-20-22-23-24-25-26-27-28-29-30-31-32-33-34-35-36-37-39-40-42-44-46-48-50-52-58(62)57(56-67-68(64,65)66-55-54-61(3,4)5)60-59(63)53-51-49-47-45-43-41-38-21-19-17-15-13-11-9-7-2/h42,44,50,52,57-58,62H,6-41,43,45-49,51,53-56H2,1-5H3,(H-,60,63,64,65)/p+1/b44-42+,52-50+. The summed E-state index contributed by atoms with van der Waals surface area (Å²) in [5.41, 5.74) is 0. The molecule has 0 spiro atoms. The third kappa shape index (κ3) is 52.8. The van der Waals surface area contributed by atoms with Crippen molar-refractivity contribution in [2.45, 2.75) is 309 Å². The predicted octanol–water partition coefficient (Wildman–Crippen LogP) is 18.0. The first-order chi connectivity index (χ1) is 33.0. The highest BCUT2D eigenvalue weighted by Crippen LogP contribution is 2.43. The van der Waals surface area contributed by atoms with E-state index in [-0.39, 0.29) is 19.1 Å². The van der Waals surface area contributed by atoms with Crippen LogP contribution in [-0.4, -0.2) is 73.4 Å². The summed E-state index contributed by atoms with van der Waals surface area (Å²) in [7, 11) is 1.57. The molecule has 8 nitrogen and oxygen atoms in total. The van der Waals surface area contributed by atoms with Gasteiger partial charge in [0.1, 0.15) is 13.2 Å². The highest BCUT2D eigenvalue weighted by atomic mass is 31.2. The van der Waals surface area contributed by atoms with E-state index in [2.05, 4.69) is 31.3 Å². The lowest BCUT2D eigenvalue weighted by Crippen LogP contribution is -2.45. The molecule has 404 valence electrons. The van der Waals surface area contributed by atoms with Crippen molar-refractivity contribution in [2.24, 2.45) is 0 Å². The molecule has 0 aromatic carbocycles. The van der Waals surface area contributed by atoms with Gasteiger partial charge >= 0.3 is 7.82 Å². The average molecular weight is 983 g/mol. The first-order valence-electron chi connectivity index (χ1n) is 29.7. The molecule has 0 aliphatic carbocycles. The molecule has 0 heterocycles. The Morgan fingerprint density at radius 2 is 0.809 bits per heavy atom. The summed E-state index contributed by atoms with van der Waals surface area (Å²) in [6.45, 7) is 4.83. The van der Waals surface area contributed by atoms with Crippen LogP contribution in [0, 0.1) is 0 Å². The van der Waals surface area contributed by atoms with Crippen LogP contribution < -0.4 is 5.32 Å². The number of nitrogens with zero attached hydrogens (tertiary/aromatic N) is 1. The lowest BCUT2D eigenvalue weighted by Gasteiger charge is -2.25. The third-order valence-corrected chi connectivity index (χ3v) is 14.7. The average Bonchev–Trinajstić information content (AvgIpc) is 3.30. The van der Waals surface area contributed by atoms with Crippen LogP contribution >= 0.6 is 7.82 Å². The maximum Gasteiger partial charge on any atom is 0.472 e. The van der Waals surface area contributed by atoms with Crippen LogP contribution in [0.4, 0.5) is 0 Å². The molecule has 0 aromatic heterocycles. The van der Waals surface area contributed by atoms with Crippen molar-refractivity contribution in [2.75, 3.05) is 40.9 Å². The third-order valence-electron chi connectivity index (χ3n) is 13.7. The second-order valence-corrected chi connectivity index (χ2v) is 23.2. The SMILES string of the molecule is CCCCCCCCCCCCCCCCCCCCCCCCCCC/C=C/CC/C=C/C(O)C(COP(=O)(O)OCC[N+](C)(C)C)NC(=O)CCCCCCCCCCCCCCCCC. The van der Waals surface area contributed by atoms with E-state index in [1.807, 2.05) is 27.2 Å². The number of quaternary nitrogens is 1. The number of amides is 1. The Morgan fingerprint density at radius 1 is 0.485 bits per heavy atom. The van der Waals surface area contributed by atoms with Crippen LogP contribution in [-0.2, 0) is 18.4 Å². The zero-order valence-corrected chi connectivity index (χ0v) is 47.0. The molecule has 0 aliphatic rings. The number of phosphoric ester groups is 1. The van der Waals surface area contributed by atoms with E-state index in [9.17, 15) is 19.4 Å². The Labute approximate surface area is 424 Å². The molecule has 68 heavy (non-hydrogen) atoms. The topological polar surface area (TPSA) is 105 Å². The van der Waals surface area contributed by atoms with Gasteiger partial charge in [0.2, 0.25) is 5.91 Å². The van der Waals surface area contributed by atoms with Crippen molar-refractivity contribution >= 4 is 13.7 Å². The first-order valence-corrected chi connectivity index (χ1v) is 31.2. The van der Waals surface area contributed by atoms with Gasteiger partial charge in [0.25, 0.3) is 0 Å². The highest BCUT2D eigenvalue weighted by molar-refractivity contribution is 7.47. The molecule has 0 saturated carbocycles. The van der Waals surface area contributed by atoms with E-state index in [4.69, 9.17) is 9.05 Å². The lowest BCUT2D eigenvalue weighted by atomic mass is 10.0. The van der Waals surface area contributed by atoms with Gasteiger partial charge in [-0.2, -0.15) is 0 Å². The molecule has 0 bridgehead atoms. The van der Waals surface area contributed by atoms with Gasteiger partial charge in [-0.05, 0) is 32.1 Å². The van der Waals surface area contributed by atoms with E-state index in [0.717, 1.165) is 38.5 Å². The molecule has 3 atom stereocenters. The van der Waals surface area contributed by atoms with E-state index in [0.29, 0.717) is 17.4 Å². The summed E-state index contributed by atoms with van der Waals surface area (Å²) >= 11 is 0. The van der Waals surface area contributed by atoms with Crippen molar-refractivity contribution in [1.82, 2.24) is 5.32 Å². The largest absolute Gasteiger partial charge is 0.472 e. The summed E-state index contributed by atoms with van der Waals surface area (Å²) in [5.74, 6) is -0.182. The zero-order valence-electron chi connectivity index (χ0n) is 46.1. The fourth-order valence-corrected chi connectivity index (χ4v) is 9.74. The highest BCUT2D eigenvalue weighted by Gasteiger charge is 2.27. The molecule has 3 N–H and O–H groups in total. The van der Waals surface area contributed by atoms with Crippen LogP contribution in [0.15, 0.2) is 24.3 Å². The van der Waals surface area contributed by atoms with Gasteiger partial charge in [-0.15, -0.1) is 0 Å². The number of phosphoric acid groups is 1. The van der Waals surface area contributed by atoms with Crippen molar-refractivity contribution in [3.63, 3.8) is 0 Å². The summed E-state index contributed by atoms with van der Waals surface area (Å²) in [5, 5.41) is 13.9. The van der Waals surface area contributed by atoms with Gasteiger partial charge < -0.3 is 19.8 Å². The molecule has 1 amide bonds. The van der Waals surface area contributed by atoms with E-state index in [1.165, 1.54) is 238 Å². The molecule has 0 radical (unpaired) electrons. The summed E-state index contributed by atoms with van der Waals surface area (Å²) in [4.78, 5) is 23.2. The minimum atomic E-state index is -4.35. The number of likely N-dealkylation sites (N-methyl/N-ethyl adjacent to an activating group) is 1. The Bertz CT molecular complexity index is 1160. The Balaban J connectivity index is 4.12. The van der Waals surface area contributed by atoms with Gasteiger partial charge in [-0.25, -0.2) is 4.57 Å². The lowest BCUT2D eigenvalue weighted by molar-refractivity contribution is -0.870. The summed E-state index contributed by atoms with van der Waals surface area (Å²) in [6, 6.07) is -0.860. The fourth-order valence-electron chi connectivity index (χ4n) is 9.00. The van der Waals surface area contributed by atoms with Crippen molar-refractivity contribution < 1.29 is 32.9 Å². The summed E-state index contributed by atoms with van der Waals surface area (Å²) in [6.07, 6.45) is 64.4. The maximum absolute atomic E-state index is 12.9. The second kappa shape index (κ2) is 50.9. The molecule has 9 heteroatoms. The van der Waals surface area contributed by atoms with Gasteiger partial charge in [-0.1, -0.05) is 282 Å². The number of aliphatic hydroxyl groups excluding tert-OH is 1. The number of carbonyl (C=O) groups is 1. The fraction of sp³-hybridized carbons (Fsp3) is 0.915. The van der Waals surface area contributed by atoms with Crippen molar-refractivity contribution in [3.8, 4) is 0 Å². The number of carbonyl (C=O) groups excluding carboxylic acids is 1. The Hall–Kier alpha value is -1.02. The Morgan fingerprint density at radius 3 is 1.18 bits per heavy atom. The van der Waals surface area contributed by atoms with E-state index >= 15 is 0 Å². The smallest absolute Gasteiger partial charge is 0.387 e. The Kier molecular flexibility index (Phi) is 50.1. The van der Waals surface area contributed by atoms with Crippen molar-refractivity contribution in [3.05, 3.63) is 24.3 Å². The van der Waals surface area contributed by atoms with Crippen LogP contribution in [0.25, 0.3) is 0 Å². The maximum atomic E-state index is 12.9. The molecule has 3 unspecified atom stereocenters. The van der Waals surface area contributed by atoms with Gasteiger partial charge in [0, 0.05) is 6.42 Å². The quantitative estimate of drug-likeness (QED) is 0.0243. The van der Waals surface area contributed by atoms with Crippen LogP contribution in [0.1, 0.15) is 296 Å². The van der Waals surface area contributed by atoms with Gasteiger partial charge in [0.15, 0.2) is 0 Å². The zero-order chi connectivity index (χ0) is 49.9. The predicted molar refractivity (Wildman–Crippen MR) is 295 cm³/mol. The molecule has 0 aliphatic heterocycles. The van der Waals surface area contributed by atoms with Crippen LogP contribution in [0.5, 0.6) is 0 Å². The molecule has 0 fully saturated rings. The van der Waals surface area contributed by atoms with Crippen LogP contribution in [0.2, 0.25) is 0 Å². The number of unbranched alkanes of at least 4 members (excludes halogenated alkanes) is 40. The molecule has 0 aromatic rings. The monoisotopic (exact) mass is 982 g/mol. The van der Waals surface area contributed by atoms with Gasteiger partial charge in [-0.3, -0.25) is 13.8 Å².